The zero-order valence-electron chi connectivity index (χ0n) is 12.2. The van der Waals surface area contributed by atoms with Crippen LogP contribution < -0.4 is 5.32 Å². The van der Waals surface area contributed by atoms with Crippen molar-refractivity contribution < 1.29 is 0 Å². The summed E-state index contributed by atoms with van der Waals surface area (Å²) < 4.78 is 0. The second kappa shape index (κ2) is 8.79. The molecule has 0 bridgehead atoms. The van der Waals surface area contributed by atoms with Gasteiger partial charge in [-0.3, -0.25) is 0 Å². The molecule has 0 saturated carbocycles. The lowest BCUT2D eigenvalue weighted by atomic mass is 10.0. The van der Waals surface area contributed by atoms with Crippen molar-refractivity contribution in [2.75, 3.05) is 6.54 Å². The van der Waals surface area contributed by atoms with Gasteiger partial charge in [-0.05, 0) is 67.4 Å². The molecule has 4 heteroatoms. The first kappa shape index (κ1) is 16.8. The number of hydrogen-bond donors (Lipinski definition) is 1. The average Bonchev–Trinajstić information content (AvgIpc) is 2.96. The molecule has 1 atom stereocenters. The van der Waals surface area contributed by atoms with Gasteiger partial charge in [-0.25, -0.2) is 0 Å². The zero-order valence-corrected chi connectivity index (χ0v) is 14.6. The number of benzene rings is 1. The van der Waals surface area contributed by atoms with Gasteiger partial charge in [-0.15, -0.1) is 11.3 Å². The summed E-state index contributed by atoms with van der Waals surface area (Å²) in [6, 6.07) is 10.5. The number of thiophene rings is 1. The van der Waals surface area contributed by atoms with Crippen LogP contribution in [0.4, 0.5) is 0 Å². The Balaban J connectivity index is 1.90. The zero-order chi connectivity index (χ0) is 15.1. The van der Waals surface area contributed by atoms with E-state index in [1.165, 1.54) is 11.3 Å². The van der Waals surface area contributed by atoms with Crippen LogP contribution in [-0.4, -0.2) is 12.6 Å². The summed E-state index contributed by atoms with van der Waals surface area (Å²) in [6.07, 6.45) is 4.42. The highest BCUT2D eigenvalue weighted by atomic mass is 35.5. The second-order valence-electron chi connectivity index (χ2n) is 5.17. The SMILES string of the molecule is CCNC(CCCc1cccs1)Cc1cc(Cl)ccc1Cl. The number of hydrogen-bond acceptors (Lipinski definition) is 2. The second-order valence-corrected chi connectivity index (χ2v) is 7.04. The molecule has 0 fully saturated rings. The van der Waals surface area contributed by atoms with Crippen molar-refractivity contribution in [3.05, 3.63) is 56.2 Å². The van der Waals surface area contributed by atoms with Crippen LogP contribution in [0.3, 0.4) is 0 Å². The molecule has 1 aromatic carbocycles. The fourth-order valence-corrected chi connectivity index (χ4v) is 3.65. The Morgan fingerprint density at radius 3 is 2.81 bits per heavy atom. The highest BCUT2D eigenvalue weighted by Gasteiger charge is 2.11. The third-order valence-electron chi connectivity index (χ3n) is 3.52. The van der Waals surface area contributed by atoms with E-state index in [1.54, 1.807) is 0 Å². The van der Waals surface area contributed by atoms with E-state index in [0.717, 1.165) is 41.4 Å². The molecule has 0 aliphatic heterocycles. The molecular formula is C17H21Cl2NS. The highest BCUT2D eigenvalue weighted by molar-refractivity contribution is 7.09. The largest absolute Gasteiger partial charge is 0.314 e. The van der Waals surface area contributed by atoms with E-state index in [2.05, 4.69) is 29.8 Å². The van der Waals surface area contributed by atoms with Crippen molar-refractivity contribution >= 4 is 34.5 Å². The first-order valence-electron chi connectivity index (χ1n) is 7.38. The molecule has 0 spiro atoms. The lowest BCUT2D eigenvalue weighted by Gasteiger charge is -2.18. The standard InChI is InChI=1S/C17H21Cl2NS/c1-2-20-15(5-3-6-16-7-4-10-21-16)12-13-11-14(18)8-9-17(13)19/h4,7-11,15,20H,2-3,5-6,12H2,1H3. The van der Waals surface area contributed by atoms with Crippen molar-refractivity contribution in [3.63, 3.8) is 0 Å². The van der Waals surface area contributed by atoms with Crippen molar-refractivity contribution in [2.45, 2.75) is 38.6 Å². The Hall–Kier alpha value is -0.540. The lowest BCUT2D eigenvalue weighted by molar-refractivity contribution is 0.477. The number of halogens is 2. The van der Waals surface area contributed by atoms with Crippen LogP contribution >= 0.6 is 34.5 Å². The van der Waals surface area contributed by atoms with Crippen LogP contribution in [0.5, 0.6) is 0 Å². The molecule has 2 aromatic rings. The molecule has 1 unspecified atom stereocenters. The molecule has 1 nitrogen and oxygen atoms in total. The highest BCUT2D eigenvalue weighted by Crippen LogP contribution is 2.23. The van der Waals surface area contributed by atoms with E-state index >= 15 is 0 Å². The Morgan fingerprint density at radius 1 is 1.24 bits per heavy atom. The predicted molar refractivity (Wildman–Crippen MR) is 94.9 cm³/mol. The molecule has 2 rings (SSSR count). The fourth-order valence-electron chi connectivity index (χ4n) is 2.51. The quantitative estimate of drug-likeness (QED) is 0.658. The topological polar surface area (TPSA) is 12.0 Å². The normalized spacial score (nSPS) is 12.5. The number of aryl methyl sites for hydroxylation is 1. The maximum Gasteiger partial charge on any atom is 0.0439 e. The molecule has 1 aromatic heterocycles. The van der Waals surface area contributed by atoms with E-state index in [4.69, 9.17) is 23.2 Å². The minimum absolute atomic E-state index is 0.450. The minimum Gasteiger partial charge on any atom is -0.314 e. The minimum atomic E-state index is 0.450. The molecule has 0 radical (unpaired) electrons. The summed E-state index contributed by atoms with van der Waals surface area (Å²) in [6.45, 7) is 3.12. The number of likely N-dealkylation sites (N-methyl/N-ethyl adjacent to an activating group) is 1. The fraction of sp³-hybridized carbons (Fsp3) is 0.412. The van der Waals surface area contributed by atoms with Gasteiger partial charge in [-0.2, -0.15) is 0 Å². The molecular weight excluding hydrogens is 321 g/mol. The van der Waals surface area contributed by atoms with Gasteiger partial charge in [0.05, 0.1) is 0 Å². The van der Waals surface area contributed by atoms with Gasteiger partial charge in [0.25, 0.3) is 0 Å². The maximum atomic E-state index is 6.27. The van der Waals surface area contributed by atoms with Crippen LogP contribution in [0.1, 0.15) is 30.2 Å². The van der Waals surface area contributed by atoms with Crippen LogP contribution in [0.25, 0.3) is 0 Å². The summed E-state index contributed by atoms with van der Waals surface area (Å²) in [7, 11) is 0. The van der Waals surface area contributed by atoms with Crippen LogP contribution in [0, 0.1) is 0 Å². The lowest BCUT2D eigenvalue weighted by Crippen LogP contribution is -2.31. The van der Waals surface area contributed by atoms with Crippen LogP contribution in [0.15, 0.2) is 35.7 Å². The first-order chi connectivity index (χ1) is 10.2. The molecule has 0 aliphatic rings. The summed E-state index contributed by atoms with van der Waals surface area (Å²) >= 11 is 14.2. The van der Waals surface area contributed by atoms with Gasteiger partial charge >= 0.3 is 0 Å². The summed E-state index contributed by atoms with van der Waals surface area (Å²) in [5.74, 6) is 0. The molecule has 1 heterocycles. The Labute approximate surface area is 141 Å². The maximum absolute atomic E-state index is 6.27. The third-order valence-corrected chi connectivity index (χ3v) is 5.06. The van der Waals surface area contributed by atoms with E-state index < -0.39 is 0 Å². The number of rotatable bonds is 8. The van der Waals surface area contributed by atoms with E-state index in [9.17, 15) is 0 Å². The average molecular weight is 342 g/mol. The van der Waals surface area contributed by atoms with E-state index in [-0.39, 0.29) is 0 Å². The van der Waals surface area contributed by atoms with Gasteiger partial charge in [0.1, 0.15) is 0 Å². The molecule has 1 N–H and O–H groups in total. The van der Waals surface area contributed by atoms with Crippen LogP contribution in [-0.2, 0) is 12.8 Å². The number of nitrogens with one attached hydrogen (secondary N) is 1. The van der Waals surface area contributed by atoms with Gasteiger partial charge < -0.3 is 5.32 Å². The Bertz CT molecular complexity index is 540. The van der Waals surface area contributed by atoms with Gasteiger partial charge in [0.15, 0.2) is 0 Å². The smallest absolute Gasteiger partial charge is 0.0439 e. The molecule has 0 aliphatic carbocycles. The van der Waals surface area contributed by atoms with Crippen molar-refractivity contribution in [3.8, 4) is 0 Å². The van der Waals surface area contributed by atoms with Crippen molar-refractivity contribution in [2.24, 2.45) is 0 Å². The van der Waals surface area contributed by atoms with Crippen molar-refractivity contribution in [1.29, 1.82) is 0 Å². The summed E-state index contributed by atoms with van der Waals surface area (Å²) in [5, 5.41) is 7.26. The van der Waals surface area contributed by atoms with E-state index in [0.29, 0.717) is 6.04 Å². The summed E-state index contributed by atoms with van der Waals surface area (Å²) in [5.41, 5.74) is 1.13. The molecule has 0 saturated heterocycles. The van der Waals surface area contributed by atoms with Crippen LogP contribution in [0.2, 0.25) is 10.0 Å². The summed E-state index contributed by atoms with van der Waals surface area (Å²) in [4.78, 5) is 1.46. The monoisotopic (exact) mass is 341 g/mol. The third kappa shape index (κ3) is 5.63. The predicted octanol–water partition coefficient (Wildman–Crippen LogP) is 5.60. The Morgan fingerprint density at radius 2 is 2.10 bits per heavy atom. The molecule has 114 valence electrons. The molecule has 21 heavy (non-hydrogen) atoms. The van der Waals surface area contributed by atoms with Gasteiger partial charge in [-0.1, -0.05) is 36.2 Å². The van der Waals surface area contributed by atoms with Gasteiger partial charge in [0.2, 0.25) is 0 Å². The van der Waals surface area contributed by atoms with Crippen molar-refractivity contribution in [1.82, 2.24) is 5.32 Å². The first-order valence-corrected chi connectivity index (χ1v) is 9.02. The Kier molecular flexibility index (Phi) is 7.05. The van der Waals surface area contributed by atoms with Gasteiger partial charge in [0, 0.05) is 21.0 Å². The van der Waals surface area contributed by atoms with E-state index in [1.807, 2.05) is 29.5 Å². The molecule has 0 amide bonds.